The Morgan fingerprint density at radius 3 is 2.59 bits per heavy atom. The number of carbonyl (C=O) groups excluding carboxylic acids is 1. The minimum atomic E-state index is -0.768. The summed E-state index contributed by atoms with van der Waals surface area (Å²) in [4.78, 5) is 12.9. The minimum Gasteiger partial charge on any atom is -0.320 e. The van der Waals surface area contributed by atoms with Gasteiger partial charge in [-0.1, -0.05) is 12.1 Å². The number of halogens is 2. The number of rotatable bonds is 4. The molecule has 2 aromatic carbocycles. The number of amides is 1. The summed E-state index contributed by atoms with van der Waals surface area (Å²) in [6, 6.07) is 9.69. The Morgan fingerprint density at radius 1 is 1.09 bits per heavy atom. The molecule has 1 amide bonds. The van der Waals surface area contributed by atoms with Crippen molar-refractivity contribution in [3.8, 4) is 0 Å². The lowest BCUT2D eigenvalue weighted by atomic mass is 10.1. The highest BCUT2D eigenvalue weighted by atomic mass is 32.2. The lowest BCUT2D eigenvalue weighted by Crippen LogP contribution is -2.16. The van der Waals surface area contributed by atoms with Crippen LogP contribution in [0, 0.1) is 11.6 Å². The van der Waals surface area contributed by atoms with Gasteiger partial charge in [-0.3, -0.25) is 4.79 Å². The standard InChI is InChI=1S/C17H15F2NOS/c18-14-5-2-6-15(19)17(14)20-16(21)10-22-13-8-7-11-3-1-4-12(11)9-13/h2,5-9H,1,3-4,10H2,(H,20,21). The van der Waals surface area contributed by atoms with Crippen molar-refractivity contribution >= 4 is 23.4 Å². The second kappa shape index (κ2) is 6.48. The molecule has 5 heteroatoms. The van der Waals surface area contributed by atoms with Crippen LogP contribution in [-0.2, 0) is 17.6 Å². The van der Waals surface area contributed by atoms with Gasteiger partial charge in [0.05, 0.1) is 5.75 Å². The van der Waals surface area contributed by atoms with Crippen LogP contribution in [0.4, 0.5) is 14.5 Å². The summed E-state index contributed by atoms with van der Waals surface area (Å²) in [5.74, 6) is -1.84. The molecule has 0 saturated carbocycles. The zero-order valence-electron chi connectivity index (χ0n) is 11.9. The first kappa shape index (κ1) is 15.0. The zero-order chi connectivity index (χ0) is 15.5. The maximum Gasteiger partial charge on any atom is 0.234 e. The molecule has 1 aliphatic carbocycles. The largest absolute Gasteiger partial charge is 0.320 e. The van der Waals surface area contributed by atoms with E-state index in [1.807, 2.05) is 6.07 Å². The number of fused-ring (bicyclic) bond motifs is 1. The Balaban J connectivity index is 1.61. The van der Waals surface area contributed by atoms with E-state index in [4.69, 9.17) is 0 Å². The van der Waals surface area contributed by atoms with Crippen LogP contribution in [0.25, 0.3) is 0 Å². The maximum absolute atomic E-state index is 13.5. The summed E-state index contributed by atoms with van der Waals surface area (Å²) in [6.07, 6.45) is 3.38. The highest BCUT2D eigenvalue weighted by Crippen LogP contribution is 2.27. The van der Waals surface area contributed by atoms with Crippen LogP contribution in [0.2, 0.25) is 0 Å². The van der Waals surface area contributed by atoms with Crippen molar-refractivity contribution in [2.24, 2.45) is 0 Å². The lowest BCUT2D eigenvalue weighted by Gasteiger charge is -2.08. The highest BCUT2D eigenvalue weighted by molar-refractivity contribution is 8.00. The fraction of sp³-hybridized carbons (Fsp3) is 0.235. The van der Waals surface area contributed by atoms with E-state index < -0.39 is 17.5 Å². The predicted octanol–water partition coefficient (Wildman–Crippen LogP) is 4.18. The second-order valence-corrected chi connectivity index (χ2v) is 6.27. The van der Waals surface area contributed by atoms with Crippen LogP contribution in [0.15, 0.2) is 41.3 Å². The molecule has 2 aromatic rings. The Hall–Kier alpha value is -1.88. The number of hydrogen-bond donors (Lipinski definition) is 1. The number of nitrogens with one attached hydrogen (secondary N) is 1. The van der Waals surface area contributed by atoms with Crippen molar-refractivity contribution in [2.75, 3.05) is 11.1 Å². The Kier molecular flexibility index (Phi) is 4.43. The fourth-order valence-corrected chi connectivity index (χ4v) is 3.34. The Labute approximate surface area is 131 Å². The topological polar surface area (TPSA) is 29.1 Å². The molecule has 0 saturated heterocycles. The smallest absolute Gasteiger partial charge is 0.234 e. The SMILES string of the molecule is O=C(CSc1ccc2c(c1)CCC2)Nc1c(F)cccc1F. The second-order valence-electron chi connectivity index (χ2n) is 5.22. The summed E-state index contributed by atoms with van der Waals surface area (Å²) >= 11 is 1.37. The van der Waals surface area contributed by atoms with Crippen molar-refractivity contribution in [3.63, 3.8) is 0 Å². The molecule has 2 nitrogen and oxygen atoms in total. The van der Waals surface area contributed by atoms with Crippen LogP contribution in [0.1, 0.15) is 17.5 Å². The van der Waals surface area contributed by atoms with Crippen LogP contribution in [0.3, 0.4) is 0 Å². The van der Waals surface area contributed by atoms with Gasteiger partial charge in [0.2, 0.25) is 5.91 Å². The van der Waals surface area contributed by atoms with Crippen LogP contribution in [0.5, 0.6) is 0 Å². The van der Waals surface area contributed by atoms with Gasteiger partial charge in [0, 0.05) is 4.90 Å². The quantitative estimate of drug-likeness (QED) is 0.856. The fourth-order valence-electron chi connectivity index (χ4n) is 2.58. The lowest BCUT2D eigenvalue weighted by molar-refractivity contribution is -0.113. The molecule has 0 heterocycles. The van der Waals surface area contributed by atoms with Crippen molar-refractivity contribution in [2.45, 2.75) is 24.2 Å². The first-order valence-electron chi connectivity index (χ1n) is 7.12. The minimum absolute atomic E-state index is 0.118. The molecule has 0 bridgehead atoms. The molecule has 0 spiro atoms. The van der Waals surface area contributed by atoms with E-state index in [1.165, 1.54) is 35.4 Å². The third-order valence-corrected chi connectivity index (χ3v) is 4.66. The molecule has 22 heavy (non-hydrogen) atoms. The molecule has 0 aliphatic heterocycles. The molecule has 0 aromatic heterocycles. The number of hydrogen-bond acceptors (Lipinski definition) is 2. The molecule has 1 N–H and O–H groups in total. The summed E-state index contributed by atoms with van der Waals surface area (Å²) in [6.45, 7) is 0. The number of anilines is 1. The van der Waals surface area contributed by atoms with Crippen LogP contribution in [-0.4, -0.2) is 11.7 Å². The van der Waals surface area contributed by atoms with E-state index in [0.29, 0.717) is 0 Å². The summed E-state index contributed by atoms with van der Waals surface area (Å²) < 4.78 is 26.9. The number of thioether (sulfide) groups is 1. The van der Waals surface area contributed by atoms with Crippen molar-refractivity contribution < 1.29 is 13.6 Å². The summed E-state index contributed by atoms with van der Waals surface area (Å²) in [5.41, 5.74) is 2.33. The molecule has 3 rings (SSSR count). The molecular formula is C17H15F2NOS. The molecule has 0 unspecified atom stereocenters. The molecule has 0 atom stereocenters. The van der Waals surface area contributed by atoms with Crippen molar-refractivity contribution in [3.05, 3.63) is 59.2 Å². The molecule has 0 fully saturated rings. The molecule has 114 valence electrons. The number of benzene rings is 2. The zero-order valence-corrected chi connectivity index (χ0v) is 12.7. The number of aryl methyl sites for hydroxylation is 2. The first-order chi connectivity index (χ1) is 10.6. The van der Waals surface area contributed by atoms with Crippen LogP contribution >= 0.6 is 11.8 Å². The molecule has 1 aliphatic rings. The van der Waals surface area contributed by atoms with Gasteiger partial charge in [-0.15, -0.1) is 11.8 Å². The first-order valence-corrected chi connectivity index (χ1v) is 8.10. The average Bonchev–Trinajstić information content (AvgIpc) is 2.96. The van der Waals surface area contributed by atoms with Gasteiger partial charge in [0.15, 0.2) is 0 Å². The molecule has 0 radical (unpaired) electrons. The normalized spacial score (nSPS) is 13.0. The van der Waals surface area contributed by atoms with Gasteiger partial charge < -0.3 is 5.32 Å². The van der Waals surface area contributed by atoms with E-state index in [2.05, 4.69) is 17.4 Å². The summed E-state index contributed by atoms with van der Waals surface area (Å²) in [5, 5.41) is 2.29. The van der Waals surface area contributed by atoms with Gasteiger partial charge >= 0.3 is 0 Å². The van der Waals surface area contributed by atoms with E-state index in [-0.39, 0.29) is 11.4 Å². The van der Waals surface area contributed by atoms with Crippen LogP contribution < -0.4 is 5.32 Å². The van der Waals surface area contributed by atoms with Gasteiger partial charge in [0.1, 0.15) is 17.3 Å². The van der Waals surface area contributed by atoms with Crippen molar-refractivity contribution in [1.82, 2.24) is 0 Å². The Morgan fingerprint density at radius 2 is 1.82 bits per heavy atom. The van der Waals surface area contributed by atoms with E-state index in [0.717, 1.165) is 29.9 Å². The van der Waals surface area contributed by atoms with E-state index in [1.54, 1.807) is 0 Å². The third-order valence-electron chi connectivity index (χ3n) is 3.67. The van der Waals surface area contributed by atoms with E-state index >= 15 is 0 Å². The predicted molar refractivity (Wildman–Crippen MR) is 84.2 cm³/mol. The number of para-hydroxylation sites is 1. The maximum atomic E-state index is 13.5. The van der Waals surface area contributed by atoms with Gasteiger partial charge in [-0.2, -0.15) is 0 Å². The average molecular weight is 319 g/mol. The van der Waals surface area contributed by atoms with Crippen molar-refractivity contribution in [1.29, 1.82) is 0 Å². The van der Waals surface area contributed by atoms with Gasteiger partial charge in [-0.05, 0) is 54.7 Å². The monoisotopic (exact) mass is 319 g/mol. The number of carbonyl (C=O) groups is 1. The molecular weight excluding hydrogens is 304 g/mol. The van der Waals surface area contributed by atoms with Gasteiger partial charge in [-0.25, -0.2) is 8.78 Å². The van der Waals surface area contributed by atoms with E-state index in [9.17, 15) is 13.6 Å². The highest BCUT2D eigenvalue weighted by Gasteiger charge is 2.14. The summed E-state index contributed by atoms with van der Waals surface area (Å²) in [7, 11) is 0. The third kappa shape index (κ3) is 3.30. The van der Waals surface area contributed by atoms with Gasteiger partial charge in [0.25, 0.3) is 0 Å². The Bertz CT molecular complexity index is 698.